The van der Waals surface area contributed by atoms with Crippen molar-refractivity contribution < 1.29 is 9.90 Å². The van der Waals surface area contributed by atoms with Crippen LogP contribution in [0.25, 0.3) is 0 Å². The molecule has 0 aromatic heterocycles. The summed E-state index contributed by atoms with van der Waals surface area (Å²) in [7, 11) is 0. The van der Waals surface area contributed by atoms with E-state index in [0.29, 0.717) is 5.56 Å². The van der Waals surface area contributed by atoms with Crippen molar-refractivity contribution in [3.05, 3.63) is 29.8 Å². The van der Waals surface area contributed by atoms with Crippen molar-refractivity contribution in [2.75, 3.05) is 13.1 Å². The molecule has 16 heavy (non-hydrogen) atoms. The standard InChI is InChI=1S/C12H16N2O2/c15-11-5-3-9(4-6-11)12(16)14-10-2-1-7-13-8-10/h3-6,10,13,15H,1-2,7-8H2,(H,14,16)/t10-/m0/s1. The second-order valence-electron chi connectivity index (χ2n) is 4.06. The summed E-state index contributed by atoms with van der Waals surface area (Å²) in [4.78, 5) is 11.8. The smallest absolute Gasteiger partial charge is 0.251 e. The molecule has 2 rings (SSSR count). The van der Waals surface area contributed by atoms with Crippen molar-refractivity contribution in [2.24, 2.45) is 0 Å². The van der Waals surface area contributed by atoms with Gasteiger partial charge in [0.25, 0.3) is 5.91 Å². The Morgan fingerprint density at radius 3 is 2.75 bits per heavy atom. The number of piperidine rings is 1. The van der Waals surface area contributed by atoms with E-state index in [2.05, 4.69) is 10.6 Å². The molecule has 0 spiro atoms. The second-order valence-corrected chi connectivity index (χ2v) is 4.06. The van der Waals surface area contributed by atoms with Crippen molar-refractivity contribution in [1.29, 1.82) is 0 Å². The van der Waals surface area contributed by atoms with E-state index >= 15 is 0 Å². The van der Waals surface area contributed by atoms with Crippen LogP contribution in [0.2, 0.25) is 0 Å². The molecule has 1 saturated heterocycles. The molecule has 0 radical (unpaired) electrons. The van der Waals surface area contributed by atoms with Crippen LogP contribution in [0.5, 0.6) is 5.75 Å². The fourth-order valence-corrected chi connectivity index (χ4v) is 1.86. The van der Waals surface area contributed by atoms with Crippen molar-refractivity contribution in [3.8, 4) is 5.75 Å². The van der Waals surface area contributed by atoms with Crippen molar-refractivity contribution >= 4 is 5.91 Å². The van der Waals surface area contributed by atoms with Gasteiger partial charge in [0.15, 0.2) is 0 Å². The Morgan fingerprint density at radius 1 is 1.38 bits per heavy atom. The highest BCUT2D eigenvalue weighted by Crippen LogP contribution is 2.10. The highest BCUT2D eigenvalue weighted by atomic mass is 16.3. The number of rotatable bonds is 2. The minimum atomic E-state index is -0.0753. The summed E-state index contributed by atoms with van der Waals surface area (Å²) in [5, 5.41) is 15.3. The molecule has 0 bridgehead atoms. The molecule has 86 valence electrons. The minimum Gasteiger partial charge on any atom is -0.508 e. The lowest BCUT2D eigenvalue weighted by Gasteiger charge is -2.23. The van der Waals surface area contributed by atoms with E-state index in [1.54, 1.807) is 12.1 Å². The van der Waals surface area contributed by atoms with Gasteiger partial charge in [-0.15, -0.1) is 0 Å². The fraction of sp³-hybridized carbons (Fsp3) is 0.417. The summed E-state index contributed by atoms with van der Waals surface area (Å²) in [6.07, 6.45) is 2.12. The minimum absolute atomic E-state index is 0.0753. The monoisotopic (exact) mass is 220 g/mol. The number of phenols is 1. The number of hydrogen-bond donors (Lipinski definition) is 3. The van der Waals surface area contributed by atoms with Crippen LogP contribution in [0, 0.1) is 0 Å². The van der Waals surface area contributed by atoms with Crippen LogP contribution in [0.15, 0.2) is 24.3 Å². The van der Waals surface area contributed by atoms with Gasteiger partial charge >= 0.3 is 0 Å². The summed E-state index contributed by atoms with van der Waals surface area (Å²) in [6, 6.07) is 6.51. The molecule has 1 heterocycles. The average molecular weight is 220 g/mol. The van der Waals surface area contributed by atoms with Gasteiger partial charge in [0, 0.05) is 18.2 Å². The quantitative estimate of drug-likeness (QED) is 0.693. The van der Waals surface area contributed by atoms with E-state index in [9.17, 15) is 4.79 Å². The first-order chi connectivity index (χ1) is 7.75. The van der Waals surface area contributed by atoms with E-state index in [0.717, 1.165) is 25.9 Å². The largest absolute Gasteiger partial charge is 0.508 e. The molecule has 1 aromatic carbocycles. The molecule has 1 aliphatic heterocycles. The third-order valence-electron chi connectivity index (χ3n) is 2.76. The Kier molecular flexibility index (Phi) is 3.41. The van der Waals surface area contributed by atoms with Gasteiger partial charge in [0.05, 0.1) is 0 Å². The molecule has 1 atom stereocenters. The molecule has 1 aromatic rings. The number of carbonyl (C=O) groups excluding carboxylic acids is 1. The average Bonchev–Trinajstić information content (AvgIpc) is 2.31. The Balaban J connectivity index is 1.94. The molecule has 1 amide bonds. The summed E-state index contributed by atoms with van der Waals surface area (Å²) >= 11 is 0. The van der Waals surface area contributed by atoms with Crippen LogP contribution in [-0.4, -0.2) is 30.1 Å². The van der Waals surface area contributed by atoms with Gasteiger partial charge in [-0.25, -0.2) is 0 Å². The summed E-state index contributed by atoms with van der Waals surface area (Å²) in [6.45, 7) is 1.87. The highest BCUT2D eigenvalue weighted by molar-refractivity contribution is 5.94. The number of benzene rings is 1. The van der Waals surface area contributed by atoms with Crippen LogP contribution >= 0.6 is 0 Å². The lowest BCUT2D eigenvalue weighted by molar-refractivity contribution is 0.0930. The van der Waals surface area contributed by atoms with Crippen LogP contribution in [0.3, 0.4) is 0 Å². The lowest BCUT2D eigenvalue weighted by atomic mass is 10.1. The number of amides is 1. The summed E-state index contributed by atoms with van der Waals surface area (Å²) < 4.78 is 0. The first-order valence-electron chi connectivity index (χ1n) is 5.56. The molecular weight excluding hydrogens is 204 g/mol. The zero-order valence-electron chi connectivity index (χ0n) is 9.07. The van der Waals surface area contributed by atoms with Crippen molar-refractivity contribution in [2.45, 2.75) is 18.9 Å². The van der Waals surface area contributed by atoms with E-state index < -0.39 is 0 Å². The topological polar surface area (TPSA) is 61.4 Å². The molecular formula is C12H16N2O2. The third kappa shape index (κ3) is 2.73. The van der Waals surface area contributed by atoms with Crippen LogP contribution in [0.1, 0.15) is 23.2 Å². The van der Waals surface area contributed by atoms with Crippen molar-refractivity contribution in [1.82, 2.24) is 10.6 Å². The van der Waals surface area contributed by atoms with Gasteiger partial charge in [0.2, 0.25) is 0 Å². The maximum Gasteiger partial charge on any atom is 0.251 e. The van der Waals surface area contributed by atoms with E-state index in [-0.39, 0.29) is 17.7 Å². The molecule has 4 nitrogen and oxygen atoms in total. The van der Waals surface area contributed by atoms with E-state index in [1.807, 2.05) is 0 Å². The van der Waals surface area contributed by atoms with Crippen molar-refractivity contribution in [3.63, 3.8) is 0 Å². The Bertz CT molecular complexity index is 356. The molecule has 1 fully saturated rings. The van der Waals surface area contributed by atoms with Gasteiger partial charge in [0.1, 0.15) is 5.75 Å². The number of phenolic OH excluding ortho intramolecular Hbond substituents is 1. The number of carbonyl (C=O) groups is 1. The number of hydrogen-bond acceptors (Lipinski definition) is 3. The summed E-state index contributed by atoms with van der Waals surface area (Å²) in [5.41, 5.74) is 0.586. The molecule has 3 N–H and O–H groups in total. The van der Waals surface area contributed by atoms with E-state index in [4.69, 9.17) is 5.11 Å². The normalized spacial score (nSPS) is 20.4. The van der Waals surface area contributed by atoms with Crippen LogP contribution in [-0.2, 0) is 0 Å². The van der Waals surface area contributed by atoms with E-state index in [1.165, 1.54) is 12.1 Å². The fourth-order valence-electron chi connectivity index (χ4n) is 1.86. The predicted octanol–water partition coefficient (Wildman–Crippen LogP) is 0.874. The molecule has 4 heteroatoms. The Labute approximate surface area is 94.7 Å². The highest BCUT2D eigenvalue weighted by Gasteiger charge is 2.15. The molecule has 0 unspecified atom stereocenters. The first kappa shape index (κ1) is 11.0. The third-order valence-corrected chi connectivity index (χ3v) is 2.76. The number of aromatic hydroxyl groups is 1. The van der Waals surface area contributed by atoms with Crippen LogP contribution < -0.4 is 10.6 Å². The van der Waals surface area contributed by atoms with Gasteiger partial charge < -0.3 is 15.7 Å². The van der Waals surface area contributed by atoms with Gasteiger partial charge in [-0.1, -0.05) is 0 Å². The molecule has 1 aliphatic rings. The zero-order valence-corrected chi connectivity index (χ0v) is 9.07. The lowest BCUT2D eigenvalue weighted by Crippen LogP contribution is -2.45. The van der Waals surface area contributed by atoms with Gasteiger partial charge in [-0.2, -0.15) is 0 Å². The molecule has 0 saturated carbocycles. The zero-order chi connectivity index (χ0) is 11.4. The second kappa shape index (κ2) is 4.99. The molecule has 0 aliphatic carbocycles. The van der Waals surface area contributed by atoms with Gasteiger partial charge in [-0.05, 0) is 43.7 Å². The summed E-state index contributed by atoms with van der Waals surface area (Å²) in [5.74, 6) is 0.101. The van der Waals surface area contributed by atoms with Crippen LogP contribution in [0.4, 0.5) is 0 Å². The Hall–Kier alpha value is -1.55. The van der Waals surface area contributed by atoms with Gasteiger partial charge in [-0.3, -0.25) is 4.79 Å². The maximum absolute atomic E-state index is 11.8. The number of nitrogens with one attached hydrogen (secondary N) is 2. The predicted molar refractivity (Wildman–Crippen MR) is 61.5 cm³/mol. The first-order valence-corrected chi connectivity index (χ1v) is 5.56. The Morgan fingerprint density at radius 2 is 2.12 bits per heavy atom. The maximum atomic E-state index is 11.8. The SMILES string of the molecule is O=C(N[C@H]1CCCNC1)c1ccc(O)cc1.